The molecule has 0 bridgehead atoms. The maximum absolute atomic E-state index is 12.8. The van der Waals surface area contributed by atoms with E-state index >= 15 is 0 Å². The molecule has 10 nitrogen and oxygen atoms in total. The molecule has 0 saturated heterocycles. The molecule has 0 aromatic heterocycles. The third kappa shape index (κ3) is 5.70. The maximum Gasteiger partial charge on any atom is 0.273 e. The van der Waals surface area contributed by atoms with Crippen LogP contribution in [0, 0.1) is 10.1 Å². The highest BCUT2D eigenvalue weighted by molar-refractivity contribution is 6.10. The lowest BCUT2D eigenvalue weighted by Crippen LogP contribution is -2.21. The van der Waals surface area contributed by atoms with Crippen molar-refractivity contribution in [1.82, 2.24) is 5.43 Å². The van der Waals surface area contributed by atoms with Crippen LogP contribution in [0.3, 0.4) is 0 Å². The maximum atomic E-state index is 12.8. The van der Waals surface area contributed by atoms with Gasteiger partial charge in [0.1, 0.15) is 11.5 Å². The summed E-state index contributed by atoms with van der Waals surface area (Å²) in [5.41, 5.74) is 2.80. The number of phenolic OH excluding ortho intramolecular Hbond substituents is 1. The van der Waals surface area contributed by atoms with Crippen molar-refractivity contribution >= 4 is 29.4 Å². The fourth-order valence-corrected chi connectivity index (χ4v) is 2.89. The van der Waals surface area contributed by atoms with Gasteiger partial charge in [0.05, 0.1) is 34.6 Å². The third-order valence-electron chi connectivity index (χ3n) is 4.44. The van der Waals surface area contributed by atoms with Crippen molar-refractivity contribution in [3.05, 3.63) is 93.5 Å². The zero-order chi connectivity index (χ0) is 23.8. The van der Waals surface area contributed by atoms with Crippen molar-refractivity contribution in [1.29, 1.82) is 0 Å². The largest absolute Gasteiger partial charge is 0.507 e. The summed E-state index contributed by atoms with van der Waals surface area (Å²) in [4.78, 5) is 35.7. The fraction of sp³-hybridized carbons (Fsp3) is 0.0870. The number of carbonyl (C=O) groups is 2. The van der Waals surface area contributed by atoms with Gasteiger partial charge in [-0.1, -0.05) is 24.3 Å². The number of phenols is 1. The molecule has 0 fully saturated rings. The first kappa shape index (κ1) is 22.9. The molecule has 0 aliphatic carbocycles. The normalized spacial score (nSPS) is 10.6. The Labute approximate surface area is 188 Å². The summed E-state index contributed by atoms with van der Waals surface area (Å²) >= 11 is 0. The molecule has 0 aliphatic rings. The number of benzene rings is 3. The van der Waals surface area contributed by atoms with Crippen molar-refractivity contribution in [2.24, 2.45) is 5.10 Å². The number of hydrazone groups is 1. The van der Waals surface area contributed by atoms with Crippen molar-refractivity contribution in [2.75, 3.05) is 11.9 Å². The van der Waals surface area contributed by atoms with Gasteiger partial charge >= 0.3 is 0 Å². The molecule has 0 heterocycles. The van der Waals surface area contributed by atoms with Gasteiger partial charge in [0.15, 0.2) is 0 Å². The number of nitro benzene ring substituents is 1. The minimum Gasteiger partial charge on any atom is -0.507 e. The molecule has 3 rings (SSSR count). The van der Waals surface area contributed by atoms with Crippen LogP contribution in [0.2, 0.25) is 0 Å². The van der Waals surface area contributed by atoms with E-state index in [0.717, 1.165) is 24.4 Å². The monoisotopic (exact) mass is 448 g/mol. The van der Waals surface area contributed by atoms with E-state index < -0.39 is 16.7 Å². The summed E-state index contributed by atoms with van der Waals surface area (Å²) in [6.45, 7) is 2.20. The zero-order valence-corrected chi connectivity index (χ0v) is 17.5. The molecule has 3 aromatic carbocycles. The smallest absolute Gasteiger partial charge is 0.273 e. The number of para-hydroxylation sites is 2. The quantitative estimate of drug-likeness (QED) is 0.272. The summed E-state index contributed by atoms with van der Waals surface area (Å²) < 4.78 is 5.48. The minimum absolute atomic E-state index is 0.0543. The van der Waals surface area contributed by atoms with Crippen LogP contribution in [0.5, 0.6) is 11.5 Å². The Balaban J connectivity index is 1.76. The SMILES string of the molecule is CCOc1ccccc1C(=O)Nc1ccccc1C(=O)N/N=C/c1cc([N+](=O)[O-])ccc1O. The van der Waals surface area contributed by atoms with Crippen LogP contribution in [0.1, 0.15) is 33.2 Å². The molecular weight excluding hydrogens is 428 g/mol. The lowest BCUT2D eigenvalue weighted by Gasteiger charge is -2.12. The van der Waals surface area contributed by atoms with Gasteiger partial charge < -0.3 is 15.2 Å². The van der Waals surface area contributed by atoms with Crippen LogP contribution in [-0.4, -0.2) is 34.7 Å². The first-order chi connectivity index (χ1) is 15.9. The second-order valence-corrected chi connectivity index (χ2v) is 6.63. The number of anilines is 1. The Morgan fingerprint density at radius 2 is 1.76 bits per heavy atom. The van der Waals surface area contributed by atoms with Gasteiger partial charge in [0.2, 0.25) is 0 Å². The zero-order valence-electron chi connectivity index (χ0n) is 17.5. The van der Waals surface area contributed by atoms with E-state index in [-0.39, 0.29) is 28.3 Å². The van der Waals surface area contributed by atoms with Crippen molar-refractivity contribution < 1.29 is 24.4 Å². The van der Waals surface area contributed by atoms with Gasteiger partial charge in [-0.05, 0) is 37.3 Å². The average Bonchev–Trinajstić information content (AvgIpc) is 2.81. The first-order valence-electron chi connectivity index (χ1n) is 9.83. The van der Waals surface area contributed by atoms with Gasteiger partial charge in [-0.15, -0.1) is 0 Å². The molecule has 10 heteroatoms. The van der Waals surface area contributed by atoms with Crippen LogP contribution in [-0.2, 0) is 0 Å². The van der Waals surface area contributed by atoms with Crippen molar-refractivity contribution in [2.45, 2.75) is 6.92 Å². The Hall–Kier alpha value is -4.73. The van der Waals surface area contributed by atoms with E-state index in [0.29, 0.717) is 17.9 Å². The average molecular weight is 448 g/mol. The lowest BCUT2D eigenvalue weighted by atomic mass is 10.1. The van der Waals surface area contributed by atoms with E-state index in [1.807, 2.05) is 6.92 Å². The number of nitrogens with zero attached hydrogens (tertiary/aromatic N) is 2. The molecule has 3 N–H and O–H groups in total. The molecule has 0 atom stereocenters. The summed E-state index contributed by atoms with van der Waals surface area (Å²) in [6, 6.07) is 16.5. The lowest BCUT2D eigenvalue weighted by molar-refractivity contribution is -0.384. The number of amides is 2. The molecule has 3 aromatic rings. The Morgan fingerprint density at radius 3 is 2.48 bits per heavy atom. The summed E-state index contributed by atoms with van der Waals surface area (Å²) in [5.74, 6) is -0.908. The molecule has 33 heavy (non-hydrogen) atoms. The molecule has 168 valence electrons. The Morgan fingerprint density at radius 1 is 1.06 bits per heavy atom. The van der Waals surface area contributed by atoms with Crippen LogP contribution >= 0.6 is 0 Å². The van der Waals surface area contributed by atoms with E-state index in [1.165, 1.54) is 6.07 Å². The van der Waals surface area contributed by atoms with Gasteiger partial charge in [-0.25, -0.2) is 5.43 Å². The van der Waals surface area contributed by atoms with Crippen molar-refractivity contribution in [3.8, 4) is 11.5 Å². The van der Waals surface area contributed by atoms with E-state index in [9.17, 15) is 24.8 Å². The summed E-state index contributed by atoms with van der Waals surface area (Å²) in [5, 5.41) is 27.2. The Bertz CT molecular complexity index is 1230. The number of rotatable bonds is 8. The number of ether oxygens (including phenoxy) is 1. The van der Waals surface area contributed by atoms with E-state index in [4.69, 9.17) is 4.74 Å². The minimum atomic E-state index is -0.634. The predicted octanol–water partition coefficient (Wildman–Crippen LogP) is 3.72. The third-order valence-corrected chi connectivity index (χ3v) is 4.44. The molecule has 0 radical (unpaired) electrons. The number of nitro groups is 1. The number of nitrogens with one attached hydrogen (secondary N) is 2. The topological polar surface area (TPSA) is 143 Å². The highest BCUT2D eigenvalue weighted by Crippen LogP contribution is 2.23. The molecule has 0 unspecified atom stereocenters. The fourth-order valence-electron chi connectivity index (χ4n) is 2.89. The number of non-ortho nitro benzene ring substituents is 1. The Kier molecular flexibility index (Phi) is 7.32. The molecule has 0 saturated carbocycles. The second-order valence-electron chi connectivity index (χ2n) is 6.63. The van der Waals surface area contributed by atoms with Crippen LogP contribution < -0.4 is 15.5 Å². The molecule has 2 amide bonds. The second kappa shape index (κ2) is 10.5. The number of hydrogen-bond donors (Lipinski definition) is 3. The van der Waals surface area contributed by atoms with E-state index in [2.05, 4.69) is 15.8 Å². The van der Waals surface area contributed by atoms with Crippen LogP contribution in [0.25, 0.3) is 0 Å². The van der Waals surface area contributed by atoms with Crippen LogP contribution in [0.15, 0.2) is 71.8 Å². The number of aromatic hydroxyl groups is 1. The number of hydrogen-bond acceptors (Lipinski definition) is 7. The van der Waals surface area contributed by atoms with Gasteiger partial charge in [-0.2, -0.15) is 5.10 Å². The molecular formula is C23H20N4O6. The predicted molar refractivity (Wildman–Crippen MR) is 122 cm³/mol. The highest BCUT2D eigenvalue weighted by atomic mass is 16.6. The molecule has 0 spiro atoms. The van der Waals surface area contributed by atoms with Gasteiger partial charge in [0, 0.05) is 17.7 Å². The van der Waals surface area contributed by atoms with Crippen LogP contribution in [0.4, 0.5) is 11.4 Å². The highest BCUT2D eigenvalue weighted by Gasteiger charge is 2.16. The standard InChI is InChI=1S/C23H20N4O6/c1-2-33-21-10-6-4-8-18(21)22(29)25-19-9-5-3-7-17(19)23(30)26-24-14-15-13-16(27(31)32)11-12-20(15)28/h3-14,28H,2H2,1H3,(H,25,29)(H,26,30)/b24-14+. The summed E-state index contributed by atoms with van der Waals surface area (Å²) in [7, 11) is 0. The van der Waals surface area contributed by atoms with Gasteiger partial charge in [-0.3, -0.25) is 19.7 Å². The van der Waals surface area contributed by atoms with E-state index in [1.54, 1.807) is 42.5 Å². The van der Waals surface area contributed by atoms with Crippen molar-refractivity contribution in [3.63, 3.8) is 0 Å². The first-order valence-corrected chi connectivity index (χ1v) is 9.83. The molecule has 0 aliphatic heterocycles. The summed E-state index contributed by atoms with van der Waals surface area (Å²) in [6.07, 6.45) is 1.08. The number of carbonyl (C=O) groups excluding carboxylic acids is 2. The van der Waals surface area contributed by atoms with Gasteiger partial charge in [0.25, 0.3) is 17.5 Å².